The molecule has 0 heterocycles. The number of hydrogen-bond acceptors (Lipinski definition) is 4. The molecule has 8 heteroatoms. The summed E-state index contributed by atoms with van der Waals surface area (Å²) in [5.74, 6) is -1.21. The van der Waals surface area contributed by atoms with Gasteiger partial charge < -0.3 is 5.11 Å². The van der Waals surface area contributed by atoms with Gasteiger partial charge >= 0.3 is 5.97 Å². The Hall–Kier alpha value is -0.760. The minimum absolute atomic E-state index is 0.0223. The molecule has 0 saturated carbocycles. The van der Waals surface area contributed by atoms with Gasteiger partial charge in [-0.05, 0) is 31.4 Å². The van der Waals surface area contributed by atoms with E-state index >= 15 is 0 Å². The van der Waals surface area contributed by atoms with Crippen molar-refractivity contribution in [3.05, 3.63) is 23.2 Å². The lowest BCUT2D eigenvalue weighted by atomic mass is 10.4. The predicted octanol–water partition coefficient (Wildman–Crippen LogP) is 2.16. The lowest BCUT2D eigenvalue weighted by Gasteiger charge is -2.21. The van der Waals surface area contributed by atoms with Crippen molar-refractivity contribution >= 4 is 39.4 Å². The van der Waals surface area contributed by atoms with E-state index in [0.29, 0.717) is 5.02 Å². The van der Waals surface area contributed by atoms with Crippen molar-refractivity contribution in [2.45, 2.75) is 22.8 Å². The summed E-state index contributed by atoms with van der Waals surface area (Å²) in [6.45, 7) is 1.30. The van der Waals surface area contributed by atoms with Crippen LogP contribution in [0.25, 0.3) is 0 Å². The second-order valence-electron chi connectivity index (χ2n) is 3.83. The van der Waals surface area contributed by atoms with Crippen molar-refractivity contribution < 1.29 is 18.3 Å². The number of halogens is 1. The fraction of sp³-hybridized carbons (Fsp3) is 0.364. The lowest BCUT2D eigenvalue weighted by Crippen LogP contribution is -2.40. The smallest absolute Gasteiger partial charge is 0.321 e. The first kappa shape index (κ1) is 16.3. The second kappa shape index (κ2) is 6.13. The lowest BCUT2D eigenvalue weighted by molar-refractivity contribution is -0.140. The Morgan fingerprint density at radius 2 is 2.05 bits per heavy atom. The van der Waals surface area contributed by atoms with Crippen LogP contribution >= 0.6 is 23.4 Å². The third kappa shape index (κ3) is 3.42. The first-order valence-electron chi connectivity index (χ1n) is 5.26. The van der Waals surface area contributed by atoms with Gasteiger partial charge in [0.05, 0.1) is 9.92 Å². The molecule has 19 heavy (non-hydrogen) atoms. The Labute approximate surface area is 121 Å². The number of thioether (sulfide) groups is 1. The summed E-state index contributed by atoms with van der Waals surface area (Å²) in [6.07, 6.45) is 1.83. The van der Waals surface area contributed by atoms with Gasteiger partial charge in [0, 0.05) is 11.9 Å². The molecule has 1 aromatic rings. The van der Waals surface area contributed by atoms with Crippen molar-refractivity contribution in [2.75, 3.05) is 13.3 Å². The van der Waals surface area contributed by atoms with Crippen LogP contribution in [0.5, 0.6) is 0 Å². The Balaban J connectivity index is 3.20. The van der Waals surface area contributed by atoms with E-state index in [4.69, 9.17) is 16.7 Å². The molecule has 0 aliphatic carbocycles. The molecule has 0 aliphatic heterocycles. The van der Waals surface area contributed by atoms with E-state index < -0.39 is 22.0 Å². The first-order valence-corrected chi connectivity index (χ1v) is 8.30. The maximum atomic E-state index is 12.2. The molecule has 5 nitrogen and oxygen atoms in total. The van der Waals surface area contributed by atoms with Crippen LogP contribution in [-0.4, -0.2) is 43.1 Å². The predicted molar refractivity (Wildman–Crippen MR) is 75.3 cm³/mol. The van der Waals surface area contributed by atoms with Gasteiger partial charge in [-0.25, -0.2) is 8.42 Å². The number of rotatable bonds is 5. The SMILES string of the molecule is CSc1ccc(S(=O)(=O)N(C)C(C)C(=O)O)cc1Cl. The van der Waals surface area contributed by atoms with Crippen molar-refractivity contribution in [1.82, 2.24) is 4.31 Å². The topological polar surface area (TPSA) is 74.7 Å². The van der Waals surface area contributed by atoms with E-state index in [0.717, 1.165) is 9.20 Å². The van der Waals surface area contributed by atoms with Crippen LogP contribution in [0.15, 0.2) is 28.0 Å². The zero-order chi connectivity index (χ0) is 14.8. The molecular weight excluding hydrogens is 310 g/mol. The van der Waals surface area contributed by atoms with Crippen LogP contribution in [0.3, 0.4) is 0 Å². The zero-order valence-corrected chi connectivity index (χ0v) is 13.0. The van der Waals surface area contributed by atoms with Crippen LogP contribution in [0.2, 0.25) is 5.02 Å². The number of carbonyl (C=O) groups is 1. The Kier molecular flexibility index (Phi) is 5.26. The summed E-state index contributed by atoms with van der Waals surface area (Å²) >= 11 is 7.36. The molecular formula is C11H14ClNO4S2. The van der Waals surface area contributed by atoms with Crippen molar-refractivity contribution in [3.8, 4) is 0 Å². The molecule has 1 N–H and O–H groups in total. The standard InChI is InChI=1S/C11H14ClNO4S2/c1-7(11(14)15)13(2)19(16,17)8-4-5-10(18-3)9(12)6-8/h4-7H,1-3H3,(H,14,15). The van der Waals surface area contributed by atoms with Gasteiger partial charge in [0.15, 0.2) is 0 Å². The highest BCUT2D eigenvalue weighted by atomic mass is 35.5. The minimum Gasteiger partial charge on any atom is -0.480 e. The maximum absolute atomic E-state index is 12.2. The van der Waals surface area contributed by atoms with Gasteiger partial charge in [-0.3, -0.25) is 4.79 Å². The van der Waals surface area contributed by atoms with Crippen molar-refractivity contribution in [3.63, 3.8) is 0 Å². The van der Waals surface area contributed by atoms with Crippen LogP contribution in [0, 0.1) is 0 Å². The summed E-state index contributed by atoms with van der Waals surface area (Å²) in [4.78, 5) is 11.6. The Morgan fingerprint density at radius 3 is 2.47 bits per heavy atom. The van der Waals surface area contributed by atoms with E-state index in [1.807, 2.05) is 6.26 Å². The van der Waals surface area contributed by atoms with Gasteiger partial charge in [0.25, 0.3) is 0 Å². The fourth-order valence-electron chi connectivity index (χ4n) is 1.34. The molecule has 0 fully saturated rings. The highest BCUT2D eigenvalue weighted by molar-refractivity contribution is 7.98. The van der Waals surface area contributed by atoms with E-state index in [1.54, 1.807) is 6.07 Å². The van der Waals surface area contributed by atoms with Gasteiger partial charge in [-0.1, -0.05) is 11.6 Å². The van der Waals surface area contributed by atoms with Crippen LogP contribution in [-0.2, 0) is 14.8 Å². The Morgan fingerprint density at radius 1 is 1.47 bits per heavy atom. The molecule has 0 saturated heterocycles. The molecule has 1 rings (SSSR count). The summed E-state index contributed by atoms with van der Waals surface area (Å²) in [5, 5.41) is 9.19. The van der Waals surface area contributed by atoms with E-state index in [9.17, 15) is 13.2 Å². The number of carboxylic acid groups (broad SMARTS) is 1. The number of sulfonamides is 1. The highest BCUT2D eigenvalue weighted by Crippen LogP contribution is 2.29. The molecule has 0 radical (unpaired) electrons. The van der Waals surface area contributed by atoms with Gasteiger partial charge in [-0.15, -0.1) is 11.8 Å². The molecule has 0 bridgehead atoms. The molecule has 106 valence electrons. The monoisotopic (exact) mass is 323 g/mol. The number of likely N-dealkylation sites (N-methyl/N-ethyl adjacent to an activating group) is 1. The van der Waals surface area contributed by atoms with Crippen LogP contribution in [0.4, 0.5) is 0 Å². The highest BCUT2D eigenvalue weighted by Gasteiger charge is 2.29. The number of nitrogens with zero attached hydrogens (tertiary/aromatic N) is 1. The minimum atomic E-state index is -3.87. The molecule has 0 spiro atoms. The summed E-state index contributed by atoms with van der Waals surface area (Å²) in [5.41, 5.74) is 0. The molecule has 1 unspecified atom stereocenters. The molecule has 1 atom stereocenters. The van der Waals surface area contributed by atoms with Gasteiger partial charge in [0.1, 0.15) is 6.04 Å². The Bertz CT molecular complexity index is 588. The van der Waals surface area contributed by atoms with Crippen molar-refractivity contribution in [2.24, 2.45) is 0 Å². The number of carboxylic acids is 1. The summed E-state index contributed by atoms with van der Waals surface area (Å²) in [7, 11) is -2.65. The number of aliphatic carboxylic acids is 1. The van der Waals surface area contributed by atoms with Crippen LogP contribution in [0.1, 0.15) is 6.92 Å². The zero-order valence-electron chi connectivity index (χ0n) is 10.6. The average molecular weight is 324 g/mol. The maximum Gasteiger partial charge on any atom is 0.321 e. The average Bonchev–Trinajstić information content (AvgIpc) is 2.36. The molecule has 0 amide bonds. The summed E-state index contributed by atoms with van der Waals surface area (Å²) in [6, 6.07) is 3.19. The van der Waals surface area contributed by atoms with E-state index in [1.165, 1.54) is 37.9 Å². The van der Waals surface area contributed by atoms with Gasteiger partial charge in [0.2, 0.25) is 10.0 Å². The number of benzene rings is 1. The second-order valence-corrected chi connectivity index (χ2v) is 7.08. The van der Waals surface area contributed by atoms with Gasteiger partial charge in [-0.2, -0.15) is 4.31 Å². The largest absolute Gasteiger partial charge is 0.480 e. The van der Waals surface area contributed by atoms with E-state index in [2.05, 4.69) is 0 Å². The first-order chi connectivity index (χ1) is 8.71. The fourth-order valence-corrected chi connectivity index (χ4v) is 3.62. The number of hydrogen-bond donors (Lipinski definition) is 1. The van der Waals surface area contributed by atoms with Crippen LogP contribution < -0.4 is 0 Å². The quantitative estimate of drug-likeness (QED) is 0.840. The molecule has 0 aromatic heterocycles. The molecule has 1 aromatic carbocycles. The normalized spacial score (nSPS) is 13.5. The van der Waals surface area contributed by atoms with E-state index in [-0.39, 0.29) is 4.90 Å². The van der Waals surface area contributed by atoms with Crippen molar-refractivity contribution in [1.29, 1.82) is 0 Å². The summed E-state index contributed by atoms with van der Waals surface area (Å²) < 4.78 is 25.3. The third-order valence-electron chi connectivity index (χ3n) is 2.70. The molecule has 0 aliphatic rings. The third-order valence-corrected chi connectivity index (χ3v) is 5.85.